The Morgan fingerprint density at radius 1 is 0.762 bits per heavy atom. The number of amides is 2. The van der Waals surface area contributed by atoms with Crippen molar-refractivity contribution in [3.8, 4) is 0 Å². The number of hydrogen-bond donors (Lipinski definition) is 2. The molecule has 2 aromatic rings. The fourth-order valence-electron chi connectivity index (χ4n) is 1.70. The number of hydrogen-bond acceptors (Lipinski definition) is 4. The molecule has 21 heavy (non-hydrogen) atoms. The summed E-state index contributed by atoms with van der Waals surface area (Å²) in [5, 5.41) is 5.57. The largest absolute Gasteiger partial charge is 0.352 e. The summed E-state index contributed by atoms with van der Waals surface area (Å²) in [6.07, 6.45) is 6.95. The van der Waals surface area contributed by atoms with Gasteiger partial charge >= 0.3 is 0 Å². The molecule has 2 rings (SSSR count). The van der Waals surface area contributed by atoms with Gasteiger partial charge in [-0.2, -0.15) is 0 Å². The Hall–Kier alpha value is -2.76. The lowest BCUT2D eigenvalue weighted by molar-refractivity contribution is 0.0951. The molecule has 2 N–H and O–H groups in total. The fourth-order valence-corrected chi connectivity index (χ4v) is 1.70. The number of carbonyl (C=O) groups excluding carboxylic acids is 2. The minimum absolute atomic E-state index is 0.141. The normalized spacial score (nSPS) is 9.90. The molecular weight excluding hydrogens is 268 g/mol. The predicted octanol–water partition coefficient (Wildman–Crippen LogP) is 1.03. The number of aromatic nitrogens is 2. The molecule has 0 unspecified atom stereocenters. The molecule has 108 valence electrons. The Balaban J connectivity index is 1.64. The van der Waals surface area contributed by atoms with E-state index in [0.29, 0.717) is 30.6 Å². The number of nitrogens with zero attached hydrogens (tertiary/aromatic N) is 2. The van der Waals surface area contributed by atoms with E-state index >= 15 is 0 Å². The summed E-state index contributed by atoms with van der Waals surface area (Å²) in [5.41, 5.74) is 1.15. The molecule has 0 aliphatic heterocycles. The smallest absolute Gasteiger partial charge is 0.251 e. The molecule has 6 heteroatoms. The Labute approximate surface area is 122 Å². The maximum atomic E-state index is 11.7. The first kappa shape index (κ1) is 14.6. The van der Waals surface area contributed by atoms with Crippen LogP contribution in [0.2, 0.25) is 0 Å². The molecular formula is C15H16N4O2. The summed E-state index contributed by atoms with van der Waals surface area (Å²) in [6.45, 7) is 0.996. The van der Waals surface area contributed by atoms with E-state index in [-0.39, 0.29) is 11.8 Å². The molecule has 2 aromatic heterocycles. The van der Waals surface area contributed by atoms with Crippen LogP contribution in [0.15, 0.2) is 49.1 Å². The van der Waals surface area contributed by atoms with Crippen molar-refractivity contribution in [2.45, 2.75) is 6.42 Å². The van der Waals surface area contributed by atoms with Gasteiger partial charge in [-0.1, -0.05) is 0 Å². The lowest BCUT2D eigenvalue weighted by Gasteiger charge is -2.06. The molecule has 0 aliphatic carbocycles. The van der Waals surface area contributed by atoms with E-state index in [2.05, 4.69) is 20.6 Å². The van der Waals surface area contributed by atoms with Gasteiger partial charge in [-0.25, -0.2) is 0 Å². The van der Waals surface area contributed by atoms with E-state index in [1.807, 2.05) is 0 Å². The van der Waals surface area contributed by atoms with Crippen LogP contribution in [0.25, 0.3) is 0 Å². The van der Waals surface area contributed by atoms with Gasteiger partial charge in [-0.3, -0.25) is 19.6 Å². The molecule has 0 saturated heterocycles. The molecule has 0 radical (unpaired) electrons. The quantitative estimate of drug-likeness (QED) is 0.776. The monoisotopic (exact) mass is 284 g/mol. The average Bonchev–Trinajstić information content (AvgIpc) is 2.55. The van der Waals surface area contributed by atoms with Crippen LogP contribution in [0.5, 0.6) is 0 Å². The predicted molar refractivity (Wildman–Crippen MR) is 77.8 cm³/mol. The van der Waals surface area contributed by atoms with Crippen molar-refractivity contribution in [2.75, 3.05) is 13.1 Å². The first-order valence-corrected chi connectivity index (χ1v) is 6.64. The molecule has 0 fully saturated rings. The zero-order valence-corrected chi connectivity index (χ0v) is 11.5. The lowest BCUT2D eigenvalue weighted by atomic mass is 10.2. The summed E-state index contributed by atoms with van der Waals surface area (Å²) >= 11 is 0. The molecule has 0 atom stereocenters. The molecule has 0 bridgehead atoms. The second-order valence-electron chi connectivity index (χ2n) is 4.34. The summed E-state index contributed by atoms with van der Waals surface area (Å²) in [7, 11) is 0. The van der Waals surface area contributed by atoms with Gasteiger partial charge in [0.1, 0.15) is 0 Å². The molecule has 0 aromatic carbocycles. The molecule has 0 aliphatic rings. The number of nitrogens with one attached hydrogen (secondary N) is 2. The van der Waals surface area contributed by atoms with E-state index in [0.717, 1.165) is 0 Å². The standard InChI is InChI=1S/C15H16N4O2/c20-14(12-2-8-16-9-3-12)18-6-1-7-19-15(21)13-4-10-17-11-5-13/h2-5,8-11H,1,6-7H2,(H,18,20)(H,19,21). The highest BCUT2D eigenvalue weighted by Gasteiger charge is 2.05. The topological polar surface area (TPSA) is 84.0 Å². The van der Waals surface area contributed by atoms with Gasteiger partial charge in [0.2, 0.25) is 0 Å². The van der Waals surface area contributed by atoms with Gasteiger partial charge in [0.25, 0.3) is 11.8 Å². The maximum absolute atomic E-state index is 11.7. The van der Waals surface area contributed by atoms with Gasteiger partial charge in [-0.05, 0) is 30.7 Å². The van der Waals surface area contributed by atoms with Crippen LogP contribution < -0.4 is 10.6 Å². The molecule has 2 heterocycles. The summed E-state index contributed by atoms with van der Waals surface area (Å²) in [6, 6.07) is 6.61. The van der Waals surface area contributed by atoms with Crippen LogP contribution in [-0.2, 0) is 0 Å². The number of carbonyl (C=O) groups is 2. The van der Waals surface area contributed by atoms with Crippen molar-refractivity contribution in [3.63, 3.8) is 0 Å². The Kier molecular flexibility index (Phi) is 5.40. The lowest BCUT2D eigenvalue weighted by Crippen LogP contribution is -2.29. The Morgan fingerprint density at radius 2 is 1.14 bits per heavy atom. The third-order valence-corrected chi connectivity index (χ3v) is 2.81. The Bertz CT molecular complexity index is 534. The molecule has 6 nitrogen and oxygen atoms in total. The van der Waals surface area contributed by atoms with Crippen molar-refractivity contribution < 1.29 is 9.59 Å². The summed E-state index contributed by atoms with van der Waals surface area (Å²) < 4.78 is 0. The number of rotatable bonds is 6. The van der Waals surface area contributed by atoms with E-state index in [4.69, 9.17) is 0 Å². The second kappa shape index (κ2) is 7.74. The van der Waals surface area contributed by atoms with Crippen molar-refractivity contribution in [3.05, 3.63) is 60.2 Å². The van der Waals surface area contributed by atoms with Crippen LogP contribution in [0.3, 0.4) is 0 Å². The zero-order chi connectivity index (χ0) is 14.9. The van der Waals surface area contributed by atoms with Gasteiger partial charge in [-0.15, -0.1) is 0 Å². The second-order valence-corrected chi connectivity index (χ2v) is 4.34. The zero-order valence-electron chi connectivity index (χ0n) is 11.5. The van der Waals surface area contributed by atoms with Gasteiger partial charge in [0, 0.05) is 49.0 Å². The SMILES string of the molecule is O=C(NCCCNC(=O)c1ccncc1)c1ccncc1. The van der Waals surface area contributed by atoms with Crippen LogP contribution in [-0.4, -0.2) is 34.9 Å². The third-order valence-electron chi connectivity index (χ3n) is 2.81. The number of pyridine rings is 2. The minimum Gasteiger partial charge on any atom is -0.352 e. The first-order valence-electron chi connectivity index (χ1n) is 6.64. The average molecular weight is 284 g/mol. The van der Waals surface area contributed by atoms with Crippen LogP contribution in [0.1, 0.15) is 27.1 Å². The first-order chi connectivity index (χ1) is 10.3. The molecule has 2 amide bonds. The van der Waals surface area contributed by atoms with Gasteiger partial charge in [0.15, 0.2) is 0 Å². The highest BCUT2D eigenvalue weighted by atomic mass is 16.2. The Morgan fingerprint density at radius 3 is 1.52 bits per heavy atom. The van der Waals surface area contributed by atoms with Gasteiger partial charge < -0.3 is 10.6 Å². The molecule has 0 saturated carbocycles. The third kappa shape index (κ3) is 4.68. The van der Waals surface area contributed by atoms with Crippen molar-refractivity contribution in [1.82, 2.24) is 20.6 Å². The van der Waals surface area contributed by atoms with Crippen LogP contribution in [0, 0.1) is 0 Å². The summed E-state index contributed by atoms with van der Waals surface area (Å²) in [5.74, 6) is -0.282. The maximum Gasteiger partial charge on any atom is 0.251 e. The van der Waals surface area contributed by atoms with Crippen molar-refractivity contribution >= 4 is 11.8 Å². The fraction of sp³-hybridized carbons (Fsp3) is 0.200. The van der Waals surface area contributed by atoms with Crippen molar-refractivity contribution in [2.24, 2.45) is 0 Å². The van der Waals surface area contributed by atoms with E-state index in [1.54, 1.807) is 49.1 Å². The summed E-state index contributed by atoms with van der Waals surface area (Å²) in [4.78, 5) is 31.2. The highest BCUT2D eigenvalue weighted by molar-refractivity contribution is 5.94. The van der Waals surface area contributed by atoms with E-state index in [1.165, 1.54) is 0 Å². The minimum atomic E-state index is -0.141. The van der Waals surface area contributed by atoms with Gasteiger partial charge in [0.05, 0.1) is 0 Å². The van der Waals surface area contributed by atoms with Crippen LogP contribution >= 0.6 is 0 Å². The highest BCUT2D eigenvalue weighted by Crippen LogP contribution is 1.96. The van der Waals surface area contributed by atoms with Crippen molar-refractivity contribution in [1.29, 1.82) is 0 Å². The molecule has 0 spiro atoms. The van der Waals surface area contributed by atoms with E-state index in [9.17, 15) is 9.59 Å². The van der Waals surface area contributed by atoms with Crippen LogP contribution in [0.4, 0.5) is 0 Å². The van der Waals surface area contributed by atoms with E-state index < -0.39 is 0 Å².